The van der Waals surface area contributed by atoms with E-state index in [4.69, 9.17) is 18.9 Å². The average Bonchev–Trinajstić information content (AvgIpc) is 3.85. The summed E-state index contributed by atoms with van der Waals surface area (Å²) >= 11 is 0. The predicted octanol–water partition coefficient (Wildman–Crippen LogP) is 6.74. The molecule has 12 nitrogen and oxygen atoms in total. The normalized spacial score (nSPS) is 15.4. The zero-order valence-corrected chi connectivity index (χ0v) is 32.5. The van der Waals surface area contributed by atoms with Crippen LogP contribution in [0.2, 0.25) is 0 Å². The Morgan fingerprint density at radius 1 is 0.638 bits per heavy atom. The first-order chi connectivity index (χ1) is 28.6. The Kier molecular flexibility index (Phi) is 13.5. The number of hydrogen-bond donors (Lipinski definition) is 1. The summed E-state index contributed by atoms with van der Waals surface area (Å²) in [6, 6.07) is 23.1. The summed E-state index contributed by atoms with van der Waals surface area (Å²) < 4.78 is 26.0. The second-order valence-electron chi connectivity index (χ2n) is 13.3. The molecule has 0 saturated heterocycles. The van der Waals surface area contributed by atoms with Gasteiger partial charge in [0.15, 0.2) is 6.54 Å². The number of carbonyl (C=O) groups excluding carboxylic acids is 1. The Bertz CT molecular complexity index is 2410. The van der Waals surface area contributed by atoms with E-state index in [1.54, 1.807) is 39.0 Å². The van der Waals surface area contributed by atoms with Crippen LogP contribution in [0.1, 0.15) is 22.5 Å². The van der Waals surface area contributed by atoms with Gasteiger partial charge in [0.05, 0.1) is 67.1 Å². The number of pyridine rings is 4. The molecule has 294 valence electrons. The van der Waals surface area contributed by atoms with Crippen LogP contribution in [0.3, 0.4) is 0 Å². The Hall–Kier alpha value is -6.44. The first kappa shape index (κ1) is 39.8. The largest absolute Gasteiger partial charge is 0.506 e. The third-order valence-corrected chi connectivity index (χ3v) is 9.57. The lowest BCUT2D eigenvalue weighted by Crippen LogP contribution is -2.29. The van der Waals surface area contributed by atoms with Crippen LogP contribution in [0.25, 0.3) is 46.6 Å². The van der Waals surface area contributed by atoms with Gasteiger partial charge in [-0.15, -0.1) is 0 Å². The van der Waals surface area contributed by atoms with Gasteiger partial charge in [0.1, 0.15) is 17.9 Å². The zero-order chi connectivity index (χ0) is 40.1. The number of ether oxygens (including phenoxy) is 4. The van der Waals surface area contributed by atoms with Crippen LogP contribution >= 0.6 is 0 Å². The third-order valence-electron chi connectivity index (χ3n) is 9.57. The molecular weight excluding hydrogens is 733 g/mol. The molecule has 0 amide bonds. The maximum atomic E-state index is 14.2. The Morgan fingerprint density at radius 3 is 1.86 bits per heavy atom. The second kappa shape index (κ2) is 19.6. The van der Waals surface area contributed by atoms with Crippen LogP contribution in [0, 0.1) is 0 Å². The van der Waals surface area contributed by atoms with Crippen molar-refractivity contribution in [1.82, 2.24) is 24.5 Å². The number of rotatable bonds is 19. The first-order valence-corrected chi connectivity index (χ1v) is 19.0. The highest BCUT2D eigenvalue weighted by molar-refractivity contribution is 6.39. The topological polar surface area (TPSA) is 134 Å². The minimum Gasteiger partial charge on any atom is -0.506 e. The number of hydrogen-bond acceptors (Lipinski definition) is 10. The molecule has 1 N–H and O–H groups in total. The highest BCUT2D eigenvalue weighted by Gasteiger charge is 2.43. The molecule has 2 aliphatic rings. The van der Waals surface area contributed by atoms with Crippen molar-refractivity contribution in [2.75, 3.05) is 60.4 Å². The van der Waals surface area contributed by atoms with Crippen LogP contribution in [0.15, 0.2) is 133 Å². The minimum atomic E-state index is -0.244. The van der Waals surface area contributed by atoms with Crippen molar-refractivity contribution in [1.29, 1.82) is 0 Å². The van der Waals surface area contributed by atoms with Gasteiger partial charge >= 0.3 is 0 Å². The number of aliphatic hydroxyl groups excluding tert-OH is 1. The molecule has 1 aliphatic heterocycles. The van der Waals surface area contributed by atoms with E-state index in [1.807, 2.05) is 118 Å². The average molecular weight is 778 g/mol. The smallest absolute Gasteiger partial charge is 0.221 e. The molecular formula is C46H45N6O6+. The summed E-state index contributed by atoms with van der Waals surface area (Å²) in [7, 11) is 3.26. The van der Waals surface area contributed by atoms with Crippen molar-refractivity contribution in [3.05, 3.63) is 155 Å². The van der Waals surface area contributed by atoms with E-state index in [1.165, 1.54) is 0 Å². The van der Waals surface area contributed by atoms with Crippen LogP contribution in [0.5, 0.6) is 0 Å². The summed E-state index contributed by atoms with van der Waals surface area (Å²) in [4.78, 5) is 32.0. The van der Waals surface area contributed by atoms with Crippen LogP contribution in [-0.4, -0.2) is 106 Å². The van der Waals surface area contributed by atoms with Crippen LogP contribution < -0.4 is 0 Å². The molecule has 0 spiro atoms. The molecule has 6 heterocycles. The standard InChI is InChI=1S/C46H44N6O6/c1-55-27-29-57-25-23-51-35(11-9-33-17-21-49-39(31-33)37-7-3-5-19-47-37)13-15-41(51)43-45(53)44(46(43)54)42-16-14-36(52(42)24-26-58-30-28-56-2)12-10-34-18-22-50-40(32-34)38-8-4-6-20-48-38/h3-22,31-32H,23-30H2,1-2H3/p+1. The Labute approximate surface area is 337 Å². The lowest BCUT2D eigenvalue weighted by atomic mass is 9.84. The summed E-state index contributed by atoms with van der Waals surface area (Å²) in [5, 5.41) is 11.7. The highest BCUT2D eigenvalue weighted by atomic mass is 16.5. The van der Waals surface area contributed by atoms with Crippen molar-refractivity contribution in [3.63, 3.8) is 0 Å². The predicted molar refractivity (Wildman–Crippen MR) is 224 cm³/mol. The summed E-state index contributed by atoms with van der Waals surface area (Å²) in [5.74, 6) is -0.301. The number of methoxy groups -OCH3 is 2. The van der Waals surface area contributed by atoms with E-state index in [-0.39, 0.29) is 22.7 Å². The molecule has 12 heteroatoms. The Balaban J connectivity index is 1.19. The molecule has 7 rings (SSSR count). The monoisotopic (exact) mass is 777 g/mol. The summed E-state index contributed by atoms with van der Waals surface area (Å²) in [6.45, 7) is 3.47. The fourth-order valence-corrected chi connectivity index (χ4v) is 6.64. The number of aliphatic hydroxyl groups is 1. The van der Waals surface area contributed by atoms with Gasteiger partial charge in [0, 0.05) is 69.5 Å². The number of ketones is 1. The van der Waals surface area contributed by atoms with Gasteiger partial charge in [-0.1, -0.05) is 18.2 Å². The molecule has 1 aliphatic carbocycles. The van der Waals surface area contributed by atoms with E-state index in [2.05, 4.69) is 19.9 Å². The fraction of sp³-hybridized carbons (Fsp3) is 0.217. The maximum absolute atomic E-state index is 14.2. The van der Waals surface area contributed by atoms with E-state index in [0.717, 1.165) is 45.3 Å². The third kappa shape index (κ3) is 9.39. The van der Waals surface area contributed by atoms with E-state index in [9.17, 15) is 9.90 Å². The van der Waals surface area contributed by atoms with Gasteiger partial charge in [0.2, 0.25) is 17.2 Å². The molecule has 5 aromatic rings. The quantitative estimate of drug-likeness (QED) is 0.0546. The minimum absolute atomic E-state index is 0.0568. The van der Waals surface area contributed by atoms with Crippen LogP contribution in [0.4, 0.5) is 0 Å². The van der Waals surface area contributed by atoms with Gasteiger partial charge < -0.3 is 28.6 Å². The molecule has 0 radical (unpaired) electrons. The Morgan fingerprint density at radius 2 is 1.26 bits per heavy atom. The number of aromatic nitrogens is 5. The van der Waals surface area contributed by atoms with Crippen molar-refractivity contribution < 1.29 is 33.4 Å². The van der Waals surface area contributed by atoms with Gasteiger partial charge in [0.25, 0.3) is 0 Å². The SMILES string of the molecule is COCCOCCn1c(/C=C/c2ccnc(-c3ccccn3)c2)ccc1C1=C(O)/C(=C2\C=CC(/C=C/c3ccnc(-c4ccccn4)c3)=[N+]2CCOCCOC)C1=O. The zero-order valence-electron chi connectivity index (χ0n) is 32.5. The van der Waals surface area contributed by atoms with E-state index in [0.29, 0.717) is 64.1 Å². The maximum Gasteiger partial charge on any atom is 0.221 e. The number of carbonyl (C=O) groups is 1. The molecule has 58 heavy (non-hydrogen) atoms. The summed E-state index contributed by atoms with van der Waals surface area (Å²) in [5.41, 5.74) is 8.38. The van der Waals surface area contributed by atoms with Gasteiger partial charge in [-0.25, -0.2) is 0 Å². The second-order valence-corrected chi connectivity index (χ2v) is 13.3. The van der Waals surface area contributed by atoms with E-state index >= 15 is 0 Å². The van der Waals surface area contributed by atoms with Crippen molar-refractivity contribution in [2.45, 2.75) is 6.54 Å². The van der Waals surface area contributed by atoms with Gasteiger partial charge in [-0.05, 0) is 83.9 Å². The van der Waals surface area contributed by atoms with Gasteiger partial charge in [-0.3, -0.25) is 24.7 Å². The van der Waals surface area contributed by atoms with E-state index < -0.39 is 0 Å². The van der Waals surface area contributed by atoms with Gasteiger partial charge in [-0.2, -0.15) is 4.58 Å². The lowest BCUT2D eigenvalue weighted by molar-refractivity contribution is -0.472. The molecule has 5 aromatic heterocycles. The number of Topliss-reactive ketones (excluding diaryl/α,β-unsaturated/α-hetero) is 1. The molecule has 0 unspecified atom stereocenters. The molecule has 0 fully saturated rings. The fourth-order valence-electron chi connectivity index (χ4n) is 6.64. The number of allylic oxidation sites excluding steroid dienone is 5. The molecule has 0 saturated carbocycles. The summed E-state index contributed by atoms with van der Waals surface area (Å²) in [6.07, 6.45) is 18.8. The lowest BCUT2D eigenvalue weighted by Gasteiger charge is -2.23. The number of nitrogens with zero attached hydrogens (tertiary/aromatic N) is 6. The van der Waals surface area contributed by atoms with Crippen LogP contribution in [-0.2, 0) is 30.3 Å². The van der Waals surface area contributed by atoms with Crippen molar-refractivity contribution >= 4 is 35.3 Å². The molecule has 0 atom stereocenters. The highest BCUT2D eigenvalue weighted by Crippen LogP contribution is 2.40. The molecule has 0 aromatic carbocycles. The first-order valence-electron chi connectivity index (χ1n) is 19.0. The van der Waals surface area contributed by atoms with Crippen molar-refractivity contribution in [2.24, 2.45) is 0 Å². The van der Waals surface area contributed by atoms with Crippen molar-refractivity contribution in [3.8, 4) is 22.8 Å². The molecule has 0 bridgehead atoms.